The molecule has 0 saturated carbocycles. The van der Waals surface area contributed by atoms with Crippen LogP contribution in [0.5, 0.6) is 0 Å². The number of hydrogen-bond donors (Lipinski definition) is 2. The number of aromatic nitrogens is 1. The lowest BCUT2D eigenvalue weighted by Crippen LogP contribution is -2.22. The van der Waals surface area contributed by atoms with E-state index in [9.17, 15) is 14.4 Å². The molecule has 0 radical (unpaired) electrons. The zero-order valence-corrected chi connectivity index (χ0v) is 11.7. The fourth-order valence-corrected chi connectivity index (χ4v) is 2.23. The summed E-state index contributed by atoms with van der Waals surface area (Å²) in [5.41, 5.74) is 5.87. The normalized spacial score (nSPS) is 10.1. The smallest absolute Gasteiger partial charge is 0.377 e. The summed E-state index contributed by atoms with van der Waals surface area (Å²) in [5, 5.41) is 7.88. The summed E-state index contributed by atoms with van der Waals surface area (Å²) in [7, 11) is 0. The van der Waals surface area contributed by atoms with Gasteiger partial charge in [0.2, 0.25) is 5.76 Å². The number of nitrogens with zero attached hydrogens (tertiary/aromatic N) is 1. The van der Waals surface area contributed by atoms with Crippen LogP contribution in [0.4, 0.5) is 5.00 Å². The van der Waals surface area contributed by atoms with Crippen molar-refractivity contribution in [3.8, 4) is 0 Å². The Kier molecular flexibility index (Phi) is 4.33. The fraction of sp³-hybridized carbons (Fsp3) is 0.167. The number of anilines is 1. The van der Waals surface area contributed by atoms with Crippen LogP contribution in [0.25, 0.3) is 0 Å². The Hall–Kier alpha value is -2.68. The molecule has 0 aromatic carbocycles. The number of primary amides is 1. The van der Waals surface area contributed by atoms with E-state index < -0.39 is 24.4 Å². The van der Waals surface area contributed by atoms with Crippen molar-refractivity contribution in [1.82, 2.24) is 5.16 Å². The van der Waals surface area contributed by atoms with Crippen molar-refractivity contribution in [2.24, 2.45) is 5.73 Å². The Morgan fingerprint density at radius 1 is 1.48 bits per heavy atom. The Balaban J connectivity index is 1.89. The lowest BCUT2D eigenvalue weighted by atomic mass is 10.3. The zero-order chi connectivity index (χ0) is 15.4. The van der Waals surface area contributed by atoms with Crippen molar-refractivity contribution in [2.75, 3.05) is 11.9 Å². The Bertz CT molecular complexity index is 691. The molecular weight excluding hydrogens is 298 g/mol. The third-order valence-corrected chi connectivity index (χ3v) is 3.18. The molecule has 0 aliphatic rings. The van der Waals surface area contributed by atoms with Crippen LogP contribution < -0.4 is 11.1 Å². The van der Waals surface area contributed by atoms with E-state index in [0.29, 0.717) is 10.7 Å². The first kappa shape index (κ1) is 14.7. The number of nitrogens with two attached hydrogens (primary N) is 1. The molecule has 0 atom stereocenters. The molecule has 0 unspecified atom stereocenters. The van der Waals surface area contributed by atoms with Crippen molar-refractivity contribution in [3.63, 3.8) is 0 Å². The highest BCUT2D eigenvalue weighted by Crippen LogP contribution is 2.22. The van der Waals surface area contributed by atoms with Crippen molar-refractivity contribution < 1.29 is 23.6 Å². The zero-order valence-electron chi connectivity index (χ0n) is 10.9. The maximum Gasteiger partial charge on any atom is 0.377 e. The average Bonchev–Trinajstić information content (AvgIpc) is 3.05. The first-order valence-electron chi connectivity index (χ1n) is 5.75. The molecule has 0 bridgehead atoms. The highest BCUT2D eigenvalue weighted by Gasteiger charge is 2.17. The second kappa shape index (κ2) is 6.18. The Morgan fingerprint density at radius 3 is 2.86 bits per heavy atom. The molecule has 110 valence electrons. The van der Waals surface area contributed by atoms with Crippen molar-refractivity contribution in [3.05, 3.63) is 34.5 Å². The van der Waals surface area contributed by atoms with Gasteiger partial charge in [-0.05, 0) is 18.4 Å². The molecule has 0 aliphatic carbocycles. The van der Waals surface area contributed by atoms with E-state index >= 15 is 0 Å². The summed E-state index contributed by atoms with van der Waals surface area (Å²) in [4.78, 5) is 34.3. The van der Waals surface area contributed by atoms with Crippen LogP contribution in [0.2, 0.25) is 0 Å². The molecule has 0 aliphatic heterocycles. The van der Waals surface area contributed by atoms with Gasteiger partial charge in [0.15, 0.2) is 6.61 Å². The van der Waals surface area contributed by atoms with Gasteiger partial charge in [0.05, 0.1) is 11.3 Å². The molecule has 9 heteroatoms. The quantitative estimate of drug-likeness (QED) is 0.792. The number of esters is 1. The Morgan fingerprint density at radius 2 is 2.24 bits per heavy atom. The first-order valence-corrected chi connectivity index (χ1v) is 6.63. The Labute approximate surface area is 122 Å². The standard InChI is InChI=1S/C12H11N3O5S/c1-6-4-8(20-15-6)12(18)19-5-9(16)14-11-7(10(13)17)2-3-21-11/h2-4H,5H2,1H3,(H2,13,17)(H,14,16). The molecule has 2 aromatic heterocycles. The summed E-state index contributed by atoms with van der Waals surface area (Å²) in [6, 6.07) is 2.89. The van der Waals surface area contributed by atoms with E-state index in [-0.39, 0.29) is 11.3 Å². The second-order valence-electron chi connectivity index (χ2n) is 3.98. The summed E-state index contributed by atoms with van der Waals surface area (Å²) < 4.78 is 9.46. The molecule has 0 saturated heterocycles. The third-order valence-electron chi connectivity index (χ3n) is 2.35. The summed E-state index contributed by atoms with van der Waals surface area (Å²) >= 11 is 1.14. The predicted molar refractivity (Wildman–Crippen MR) is 73.0 cm³/mol. The van der Waals surface area contributed by atoms with Gasteiger partial charge in [-0.1, -0.05) is 5.16 Å². The number of amides is 2. The third kappa shape index (κ3) is 3.66. The first-order chi connectivity index (χ1) is 9.97. The van der Waals surface area contributed by atoms with Crippen molar-refractivity contribution >= 4 is 34.1 Å². The minimum atomic E-state index is -0.799. The summed E-state index contributed by atoms with van der Waals surface area (Å²) in [6.45, 7) is 1.13. The van der Waals surface area contributed by atoms with Crippen LogP contribution >= 0.6 is 11.3 Å². The molecule has 21 heavy (non-hydrogen) atoms. The van der Waals surface area contributed by atoms with Crippen LogP contribution in [-0.2, 0) is 9.53 Å². The van der Waals surface area contributed by atoms with Gasteiger partial charge in [-0.2, -0.15) is 0 Å². The maximum atomic E-state index is 11.6. The lowest BCUT2D eigenvalue weighted by Gasteiger charge is -2.04. The largest absolute Gasteiger partial charge is 0.450 e. The molecule has 2 rings (SSSR count). The molecule has 3 N–H and O–H groups in total. The van der Waals surface area contributed by atoms with E-state index in [2.05, 4.69) is 10.5 Å². The van der Waals surface area contributed by atoms with Gasteiger partial charge in [-0.15, -0.1) is 11.3 Å². The van der Waals surface area contributed by atoms with Crippen LogP contribution in [0.1, 0.15) is 26.6 Å². The predicted octanol–water partition coefficient (Wildman–Crippen LogP) is 0.939. The molecule has 2 aromatic rings. The molecule has 0 spiro atoms. The minimum Gasteiger partial charge on any atom is -0.450 e. The average molecular weight is 309 g/mol. The van der Waals surface area contributed by atoms with Gasteiger partial charge >= 0.3 is 5.97 Å². The van der Waals surface area contributed by atoms with E-state index in [0.717, 1.165) is 11.3 Å². The minimum absolute atomic E-state index is 0.0887. The van der Waals surface area contributed by atoms with Gasteiger partial charge in [-0.3, -0.25) is 9.59 Å². The lowest BCUT2D eigenvalue weighted by molar-refractivity contribution is -0.119. The van der Waals surface area contributed by atoms with Crippen LogP contribution in [-0.4, -0.2) is 29.5 Å². The molecule has 2 amide bonds. The fourth-order valence-electron chi connectivity index (χ4n) is 1.42. The summed E-state index contributed by atoms with van der Waals surface area (Å²) in [6.07, 6.45) is 0. The summed E-state index contributed by atoms with van der Waals surface area (Å²) in [5.74, 6) is -2.13. The van der Waals surface area contributed by atoms with Crippen LogP contribution in [0.3, 0.4) is 0 Å². The molecule has 0 fully saturated rings. The van der Waals surface area contributed by atoms with Gasteiger partial charge in [0.25, 0.3) is 11.8 Å². The van der Waals surface area contributed by atoms with Crippen LogP contribution in [0.15, 0.2) is 22.0 Å². The van der Waals surface area contributed by atoms with E-state index in [1.54, 1.807) is 12.3 Å². The maximum absolute atomic E-state index is 11.6. The van der Waals surface area contributed by atoms with Crippen molar-refractivity contribution in [2.45, 2.75) is 6.92 Å². The number of rotatable bonds is 5. The van der Waals surface area contributed by atoms with Crippen molar-refractivity contribution in [1.29, 1.82) is 0 Å². The number of carbonyl (C=O) groups excluding carboxylic acids is 3. The van der Waals surface area contributed by atoms with E-state index in [4.69, 9.17) is 15.0 Å². The number of nitrogens with one attached hydrogen (secondary N) is 1. The number of aryl methyl sites for hydroxylation is 1. The SMILES string of the molecule is Cc1cc(C(=O)OCC(=O)Nc2sccc2C(N)=O)on1. The molecule has 8 nitrogen and oxygen atoms in total. The number of carbonyl (C=O) groups is 3. The van der Waals surface area contributed by atoms with Gasteiger partial charge in [-0.25, -0.2) is 4.79 Å². The van der Waals surface area contributed by atoms with E-state index in [1.165, 1.54) is 12.1 Å². The molecule has 2 heterocycles. The van der Waals surface area contributed by atoms with Gasteiger partial charge in [0, 0.05) is 6.07 Å². The van der Waals surface area contributed by atoms with Crippen LogP contribution in [0, 0.1) is 6.92 Å². The monoisotopic (exact) mass is 309 g/mol. The molecular formula is C12H11N3O5S. The topological polar surface area (TPSA) is 125 Å². The highest BCUT2D eigenvalue weighted by molar-refractivity contribution is 7.14. The number of ether oxygens (including phenoxy) is 1. The van der Waals surface area contributed by atoms with E-state index in [1.807, 2.05) is 0 Å². The second-order valence-corrected chi connectivity index (χ2v) is 4.90. The van der Waals surface area contributed by atoms with Gasteiger partial charge < -0.3 is 20.3 Å². The van der Waals surface area contributed by atoms with Gasteiger partial charge in [0.1, 0.15) is 5.00 Å². The number of thiophene rings is 1. The highest BCUT2D eigenvalue weighted by atomic mass is 32.1. The number of hydrogen-bond acceptors (Lipinski definition) is 7.